The van der Waals surface area contributed by atoms with Gasteiger partial charge >= 0.3 is 0 Å². The Kier molecular flexibility index (Phi) is 7.53. The van der Waals surface area contributed by atoms with Gasteiger partial charge in [-0.15, -0.1) is 0 Å². The molecule has 1 aliphatic heterocycles. The van der Waals surface area contributed by atoms with Crippen molar-refractivity contribution in [2.24, 2.45) is 17.1 Å². The largest absolute Gasteiger partial charge is 0.330 e. The Hall–Kier alpha value is -0.0800. The molecule has 0 aromatic heterocycles. The molecule has 21 heavy (non-hydrogen) atoms. The molecule has 2 aliphatic rings. The Balaban J connectivity index is 1.62. The summed E-state index contributed by atoms with van der Waals surface area (Å²) in [7, 11) is 0. The van der Waals surface area contributed by atoms with Crippen molar-refractivity contribution < 1.29 is 0 Å². The number of hydrogen-bond acceptors (Lipinski definition) is 2. The zero-order chi connectivity index (χ0) is 15.0. The van der Waals surface area contributed by atoms with Gasteiger partial charge in [0.15, 0.2) is 0 Å². The summed E-state index contributed by atoms with van der Waals surface area (Å²) < 4.78 is 0. The van der Waals surface area contributed by atoms with Crippen molar-refractivity contribution in [3.8, 4) is 0 Å². The average molecular weight is 295 g/mol. The van der Waals surface area contributed by atoms with Crippen molar-refractivity contribution in [3.05, 3.63) is 0 Å². The first-order chi connectivity index (χ1) is 10.3. The number of piperidine rings is 1. The van der Waals surface area contributed by atoms with Gasteiger partial charge in [0.1, 0.15) is 0 Å². The van der Waals surface area contributed by atoms with Gasteiger partial charge in [0, 0.05) is 0 Å². The van der Waals surface area contributed by atoms with E-state index < -0.39 is 0 Å². The van der Waals surface area contributed by atoms with Crippen molar-refractivity contribution in [2.75, 3.05) is 26.2 Å². The molecule has 124 valence electrons. The lowest BCUT2D eigenvalue weighted by atomic mass is 9.68. The van der Waals surface area contributed by atoms with E-state index in [0.717, 1.165) is 17.9 Å². The Morgan fingerprint density at radius 3 is 2.29 bits per heavy atom. The fourth-order valence-electron chi connectivity index (χ4n) is 4.73. The standard InChI is InChI=1S/C19H38N2/c1-2-7-18(9-14-20)8-6-15-21-16-12-19(13-17-21)10-4-3-5-11-19/h18H,2-17,20H2,1H3. The van der Waals surface area contributed by atoms with Crippen LogP contribution in [-0.2, 0) is 0 Å². The van der Waals surface area contributed by atoms with E-state index in [-0.39, 0.29) is 0 Å². The lowest BCUT2D eigenvalue weighted by molar-refractivity contribution is 0.0663. The zero-order valence-electron chi connectivity index (χ0n) is 14.4. The highest BCUT2D eigenvalue weighted by Gasteiger charge is 2.35. The van der Waals surface area contributed by atoms with Gasteiger partial charge in [0.25, 0.3) is 0 Å². The van der Waals surface area contributed by atoms with Crippen LogP contribution in [0.1, 0.15) is 84.0 Å². The second-order valence-corrected chi connectivity index (χ2v) is 7.78. The predicted molar refractivity (Wildman–Crippen MR) is 92.5 cm³/mol. The summed E-state index contributed by atoms with van der Waals surface area (Å²) in [5.41, 5.74) is 6.51. The first kappa shape index (κ1) is 17.3. The van der Waals surface area contributed by atoms with Crippen LogP contribution in [0, 0.1) is 11.3 Å². The zero-order valence-corrected chi connectivity index (χ0v) is 14.4. The molecule has 1 heterocycles. The Morgan fingerprint density at radius 1 is 0.952 bits per heavy atom. The molecule has 1 aliphatic carbocycles. The van der Waals surface area contributed by atoms with Gasteiger partial charge in [-0.2, -0.15) is 0 Å². The minimum Gasteiger partial charge on any atom is -0.330 e. The van der Waals surface area contributed by atoms with E-state index in [1.54, 1.807) is 0 Å². The van der Waals surface area contributed by atoms with Gasteiger partial charge in [0.2, 0.25) is 0 Å². The van der Waals surface area contributed by atoms with Crippen molar-refractivity contribution in [3.63, 3.8) is 0 Å². The summed E-state index contributed by atoms with van der Waals surface area (Å²) >= 11 is 0. The van der Waals surface area contributed by atoms with Crippen LogP contribution in [0.4, 0.5) is 0 Å². The molecule has 1 unspecified atom stereocenters. The minimum absolute atomic E-state index is 0.763. The normalized spacial score (nSPS) is 24.3. The van der Waals surface area contributed by atoms with Crippen LogP contribution < -0.4 is 5.73 Å². The molecule has 1 saturated heterocycles. The molecule has 0 radical (unpaired) electrons. The second kappa shape index (κ2) is 9.15. The number of hydrogen-bond donors (Lipinski definition) is 1. The van der Waals surface area contributed by atoms with E-state index in [4.69, 9.17) is 5.73 Å². The number of rotatable bonds is 8. The smallest absolute Gasteiger partial charge is 0.00134 e. The summed E-state index contributed by atoms with van der Waals surface area (Å²) in [6.45, 7) is 7.25. The molecular formula is C19H38N2. The SMILES string of the molecule is CCCC(CCN)CCCN1CCC2(CCCCC2)CC1. The number of nitrogens with two attached hydrogens (primary N) is 1. The molecule has 2 heteroatoms. The van der Waals surface area contributed by atoms with Crippen LogP contribution in [0.15, 0.2) is 0 Å². The van der Waals surface area contributed by atoms with Crippen LogP contribution in [0.5, 0.6) is 0 Å². The Bertz CT molecular complexity index is 255. The van der Waals surface area contributed by atoms with Gasteiger partial charge in [0.05, 0.1) is 0 Å². The highest BCUT2D eigenvalue weighted by atomic mass is 15.1. The van der Waals surface area contributed by atoms with E-state index in [1.165, 1.54) is 96.7 Å². The fourth-order valence-corrected chi connectivity index (χ4v) is 4.73. The molecule has 2 nitrogen and oxygen atoms in total. The van der Waals surface area contributed by atoms with Crippen LogP contribution in [0.3, 0.4) is 0 Å². The maximum atomic E-state index is 5.74. The summed E-state index contributed by atoms with van der Waals surface area (Å²) in [5.74, 6) is 0.884. The summed E-state index contributed by atoms with van der Waals surface area (Å²) in [6.07, 6.45) is 17.2. The molecule has 0 bridgehead atoms. The van der Waals surface area contributed by atoms with E-state index in [2.05, 4.69) is 11.8 Å². The minimum atomic E-state index is 0.763. The maximum Gasteiger partial charge on any atom is -0.00134 e. The Labute approximate surface area is 132 Å². The van der Waals surface area contributed by atoms with Crippen LogP contribution in [0.25, 0.3) is 0 Å². The maximum absolute atomic E-state index is 5.74. The van der Waals surface area contributed by atoms with Crippen LogP contribution >= 0.6 is 0 Å². The predicted octanol–water partition coefficient (Wildman–Crippen LogP) is 4.58. The van der Waals surface area contributed by atoms with Crippen LogP contribution in [0.2, 0.25) is 0 Å². The topological polar surface area (TPSA) is 29.3 Å². The molecule has 2 fully saturated rings. The average Bonchev–Trinajstić information content (AvgIpc) is 2.51. The molecule has 1 saturated carbocycles. The first-order valence-electron chi connectivity index (χ1n) is 9.70. The molecular weight excluding hydrogens is 256 g/mol. The van der Waals surface area contributed by atoms with Gasteiger partial charge in [-0.1, -0.05) is 39.0 Å². The van der Waals surface area contributed by atoms with Crippen molar-refractivity contribution in [1.29, 1.82) is 0 Å². The van der Waals surface area contributed by atoms with E-state index in [1.807, 2.05) is 0 Å². The lowest BCUT2D eigenvalue weighted by Crippen LogP contribution is -2.41. The van der Waals surface area contributed by atoms with Crippen molar-refractivity contribution in [2.45, 2.75) is 84.0 Å². The van der Waals surface area contributed by atoms with Crippen molar-refractivity contribution in [1.82, 2.24) is 4.90 Å². The molecule has 2 rings (SSSR count). The monoisotopic (exact) mass is 294 g/mol. The summed E-state index contributed by atoms with van der Waals surface area (Å²) in [6, 6.07) is 0. The molecule has 1 atom stereocenters. The van der Waals surface area contributed by atoms with Gasteiger partial charge in [-0.3, -0.25) is 0 Å². The van der Waals surface area contributed by atoms with Gasteiger partial charge < -0.3 is 10.6 Å². The van der Waals surface area contributed by atoms with Crippen LogP contribution in [-0.4, -0.2) is 31.1 Å². The third-order valence-corrected chi connectivity index (χ3v) is 6.19. The number of nitrogens with zero attached hydrogens (tertiary/aromatic N) is 1. The molecule has 1 spiro atoms. The third kappa shape index (κ3) is 5.56. The molecule has 0 aromatic rings. The Morgan fingerprint density at radius 2 is 1.67 bits per heavy atom. The first-order valence-corrected chi connectivity index (χ1v) is 9.70. The third-order valence-electron chi connectivity index (χ3n) is 6.19. The molecule has 0 aromatic carbocycles. The summed E-state index contributed by atoms with van der Waals surface area (Å²) in [5, 5.41) is 0. The molecule has 0 amide bonds. The summed E-state index contributed by atoms with van der Waals surface area (Å²) in [4.78, 5) is 2.74. The van der Waals surface area contributed by atoms with E-state index in [0.29, 0.717) is 0 Å². The highest BCUT2D eigenvalue weighted by molar-refractivity contribution is 4.88. The van der Waals surface area contributed by atoms with E-state index >= 15 is 0 Å². The lowest BCUT2D eigenvalue weighted by Gasteiger charge is -2.44. The molecule has 2 N–H and O–H groups in total. The number of likely N-dealkylation sites (tertiary alicyclic amines) is 1. The second-order valence-electron chi connectivity index (χ2n) is 7.78. The van der Waals surface area contributed by atoms with E-state index in [9.17, 15) is 0 Å². The van der Waals surface area contributed by atoms with Gasteiger partial charge in [-0.05, 0) is 82.5 Å². The fraction of sp³-hybridized carbons (Fsp3) is 1.00. The van der Waals surface area contributed by atoms with Gasteiger partial charge in [-0.25, -0.2) is 0 Å². The van der Waals surface area contributed by atoms with Crippen molar-refractivity contribution >= 4 is 0 Å². The highest BCUT2D eigenvalue weighted by Crippen LogP contribution is 2.44. The quantitative estimate of drug-likeness (QED) is 0.710.